The first-order valence-electron chi connectivity index (χ1n) is 11.5. The Morgan fingerprint density at radius 1 is 1.06 bits per heavy atom. The summed E-state index contributed by atoms with van der Waals surface area (Å²) in [4.78, 5) is 30.7. The van der Waals surface area contributed by atoms with Crippen molar-refractivity contribution in [1.82, 2.24) is 14.4 Å². The summed E-state index contributed by atoms with van der Waals surface area (Å²) < 4.78 is 1.99. The number of nitrogens with zero attached hydrogens (tertiary/aromatic N) is 3. The summed E-state index contributed by atoms with van der Waals surface area (Å²) in [5.41, 5.74) is 3.46. The molecule has 0 aliphatic carbocycles. The van der Waals surface area contributed by atoms with Gasteiger partial charge in [-0.1, -0.05) is 12.5 Å². The maximum Gasteiger partial charge on any atom is 0.255 e. The lowest BCUT2D eigenvalue weighted by atomic mass is 9.82. The third-order valence-corrected chi connectivity index (χ3v) is 7.26. The van der Waals surface area contributed by atoms with E-state index in [4.69, 9.17) is 0 Å². The van der Waals surface area contributed by atoms with Crippen LogP contribution in [-0.4, -0.2) is 51.6 Å². The number of aryl methyl sites for hydroxylation is 1. The Labute approximate surface area is 183 Å². The Bertz CT molecular complexity index is 1050. The smallest absolute Gasteiger partial charge is 0.255 e. The van der Waals surface area contributed by atoms with Gasteiger partial charge >= 0.3 is 0 Å². The Kier molecular flexibility index (Phi) is 5.34. The van der Waals surface area contributed by atoms with E-state index in [0.717, 1.165) is 37.3 Å². The zero-order valence-corrected chi connectivity index (χ0v) is 18.2. The molecule has 1 aromatic heterocycles. The highest BCUT2D eigenvalue weighted by Crippen LogP contribution is 2.36. The van der Waals surface area contributed by atoms with Crippen molar-refractivity contribution in [2.75, 3.05) is 26.2 Å². The summed E-state index contributed by atoms with van der Waals surface area (Å²) in [6.45, 7) is 6.73. The Morgan fingerprint density at radius 2 is 1.87 bits per heavy atom. The Morgan fingerprint density at radius 3 is 2.65 bits per heavy atom. The first-order chi connectivity index (χ1) is 15.0. The van der Waals surface area contributed by atoms with Gasteiger partial charge in [0.05, 0.1) is 0 Å². The van der Waals surface area contributed by atoms with Crippen LogP contribution in [0.15, 0.2) is 35.1 Å². The topological polar surface area (TPSA) is 65.8 Å². The number of likely N-dealkylation sites (tertiary alicyclic amines) is 2. The van der Waals surface area contributed by atoms with Gasteiger partial charge in [-0.2, -0.15) is 0 Å². The molecule has 2 atom stereocenters. The molecule has 4 heterocycles. The molecule has 0 saturated carbocycles. The average Bonchev–Trinajstić information content (AvgIpc) is 2.78. The number of benzene rings is 1. The van der Waals surface area contributed by atoms with Gasteiger partial charge in [0, 0.05) is 48.9 Å². The van der Waals surface area contributed by atoms with E-state index in [0.29, 0.717) is 36.7 Å². The van der Waals surface area contributed by atoms with Crippen LogP contribution in [0.1, 0.15) is 58.8 Å². The molecular formula is C25H31N3O3. The Balaban J connectivity index is 1.36. The highest BCUT2D eigenvalue weighted by Gasteiger charge is 2.37. The van der Waals surface area contributed by atoms with Crippen molar-refractivity contribution >= 4 is 5.91 Å². The summed E-state index contributed by atoms with van der Waals surface area (Å²) in [5.74, 6) is 0.721. The summed E-state index contributed by atoms with van der Waals surface area (Å²) >= 11 is 0. The van der Waals surface area contributed by atoms with Gasteiger partial charge in [-0.3, -0.25) is 14.5 Å². The summed E-state index contributed by atoms with van der Waals surface area (Å²) in [6.07, 6.45) is 4.77. The van der Waals surface area contributed by atoms with Crippen molar-refractivity contribution in [2.45, 2.75) is 51.6 Å². The number of pyridine rings is 1. The summed E-state index contributed by atoms with van der Waals surface area (Å²) in [6, 6.07) is 9.19. The number of aromatic hydroxyl groups is 1. The molecule has 6 nitrogen and oxygen atoms in total. The lowest BCUT2D eigenvalue weighted by Crippen LogP contribution is -2.49. The van der Waals surface area contributed by atoms with E-state index in [2.05, 4.69) is 11.0 Å². The molecule has 5 rings (SSSR count). The SMILES string of the molecule is Cc1cc(C(=O)N2C[C@@H]3C[C@H](C2)c2ccc(CN4CCCCC4)c(=O)n2C3)ccc1O. The number of carbonyl (C=O) groups excluding carboxylic acids is 1. The van der Waals surface area contributed by atoms with Gasteiger partial charge in [0.15, 0.2) is 0 Å². The average molecular weight is 422 g/mol. The van der Waals surface area contributed by atoms with Crippen molar-refractivity contribution < 1.29 is 9.90 Å². The second-order valence-corrected chi connectivity index (χ2v) is 9.55. The van der Waals surface area contributed by atoms with E-state index in [1.165, 1.54) is 19.3 Å². The fourth-order valence-corrected chi connectivity index (χ4v) is 5.61. The van der Waals surface area contributed by atoms with Gasteiger partial charge in [0.2, 0.25) is 0 Å². The molecule has 6 heteroatoms. The predicted molar refractivity (Wildman–Crippen MR) is 119 cm³/mol. The predicted octanol–water partition coefficient (Wildman–Crippen LogP) is 3.11. The lowest BCUT2D eigenvalue weighted by molar-refractivity contribution is 0.0594. The van der Waals surface area contributed by atoms with Crippen LogP contribution < -0.4 is 5.56 Å². The van der Waals surface area contributed by atoms with Crippen LogP contribution in [-0.2, 0) is 13.1 Å². The highest BCUT2D eigenvalue weighted by atomic mass is 16.3. The van der Waals surface area contributed by atoms with Crippen LogP contribution in [0.25, 0.3) is 0 Å². The van der Waals surface area contributed by atoms with E-state index >= 15 is 0 Å². The maximum absolute atomic E-state index is 13.3. The van der Waals surface area contributed by atoms with Gasteiger partial charge in [0.25, 0.3) is 11.5 Å². The largest absolute Gasteiger partial charge is 0.508 e. The van der Waals surface area contributed by atoms with Crippen molar-refractivity contribution in [1.29, 1.82) is 0 Å². The van der Waals surface area contributed by atoms with Crippen LogP contribution in [0, 0.1) is 12.8 Å². The van der Waals surface area contributed by atoms with Crippen molar-refractivity contribution in [3.05, 3.63) is 63.1 Å². The van der Waals surface area contributed by atoms with Gasteiger partial charge in [-0.05, 0) is 75.0 Å². The molecule has 0 spiro atoms. The van der Waals surface area contributed by atoms with Gasteiger partial charge < -0.3 is 14.6 Å². The highest BCUT2D eigenvalue weighted by molar-refractivity contribution is 5.94. The Hall–Kier alpha value is -2.60. The molecular weight excluding hydrogens is 390 g/mol. The molecule has 1 N–H and O–H groups in total. The fraction of sp³-hybridized carbons (Fsp3) is 0.520. The zero-order valence-electron chi connectivity index (χ0n) is 18.2. The van der Waals surface area contributed by atoms with Crippen LogP contribution in [0.5, 0.6) is 5.75 Å². The van der Waals surface area contributed by atoms with E-state index in [9.17, 15) is 14.7 Å². The van der Waals surface area contributed by atoms with Crippen LogP contribution >= 0.6 is 0 Å². The van der Waals surface area contributed by atoms with Gasteiger partial charge in [-0.25, -0.2) is 0 Å². The molecule has 1 aromatic carbocycles. The number of phenolic OH excluding ortho intramolecular Hbond substituents is 1. The first-order valence-corrected chi connectivity index (χ1v) is 11.5. The van der Waals surface area contributed by atoms with Gasteiger partial charge in [-0.15, -0.1) is 0 Å². The van der Waals surface area contributed by atoms with Crippen molar-refractivity contribution in [3.8, 4) is 5.75 Å². The third-order valence-electron chi connectivity index (χ3n) is 7.26. The quantitative estimate of drug-likeness (QED) is 0.827. The number of carbonyl (C=O) groups is 1. The summed E-state index contributed by atoms with van der Waals surface area (Å²) in [5, 5.41) is 9.77. The minimum Gasteiger partial charge on any atom is -0.508 e. The molecule has 1 amide bonds. The van der Waals surface area contributed by atoms with E-state index in [-0.39, 0.29) is 23.1 Å². The number of amides is 1. The van der Waals surface area contributed by atoms with E-state index in [1.54, 1.807) is 25.1 Å². The second-order valence-electron chi connectivity index (χ2n) is 9.55. The number of phenols is 1. The fourth-order valence-electron chi connectivity index (χ4n) is 5.61. The number of aromatic nitrogens is 1. The number of fused-ring (bicyclic) bond motifs is 4. The minimum atomic E-state index is 0.00955. The molecule has 0 radical (unpaired) electrons. The number of piperidine rings is 2. The maximum atomic E-state index is 13.3. The normalized spacial score (nSPS) is 23.5. The summed E-state index contributed by atoms with van der Waals surface area (Å²) in [7, 11) is 0. The second kappa shape index (κ2) is 8.15. The number of hydrogen-bond donors (Lipinski definition) is 1. The van der Waals surface area contributed by atoms with E-state index < -0.39 is 0 Å². The number of rotatable bonds is 3. The molecule has 31 heavy (non-hydrogen) atoms. The monoisotopic (exact) mass is 421 g/mol. The third kappa shape index (κ3) is 3.89. The molecule has 3 aliphatic heterocycles. The van der Waals surface area contributed by atoms with Crippen molar-refractivity contribution in [3.63, 3.8) is 0 Å². The molecule has 2 saturated heterocycles. The zero-order chi connectivity index (χ0) is 21.5. The molecule has 2 bridgehead atoms. The minimum absolute atomic E-state index is 0.00955. The molecule has 0 unspecified atom stereocenters. The molecule has 3 aliphatic rings. The lowest BCUT2D eigenvalue weighted by Gasteiger charge is -2.43. The molecule has 2 fully saturated rings. The van der Waals surface area contributed by atoms with Crippen LogP contribution in [0.4, 0.5) is 0 Å². The number of hydrogen-bond acceptors (Lipinski definition) is 4. The van der Waals surface area contributed by atoms with Crippen LogP contribution in [0.3, 0.4) is 0 Å². The standard InChI is InChI=1S/C25H31N3O3/c1-17-11-19(6-8-23(17)29)24(30)27-13-18-12-21(16-27)22-7-5-20(25(31)28(22)14-18)15-26-9-3-2-4-10-26/h5-8,11,18,21,29H,2-4,9-10,12-16H2,1H3/t18-,21+/m0/s1. The van der Waals surface area contributed by atoms with Crippen LogP contribution in [0.2, 0.25) is 0 Å². The van der Waals surface area contributed by atoms with E-state index in [1.807, 2.05) is 15.5 Å². The molecule has 2 aromatic rings. The molecule has 164 valence electrons. The van der Waals surface area contributed by atoms with Gasteiger partial charge in [0.1, 0.15) is 5.75 Å². The van der Waals surface area contributed by atoms with Crippen molar-refractivity contribution in [2.24, 2.45) is 5.92 Å². The first kappa shape index (κ1) is 20.3.